The van der Waals surface area contributed by atoms with E-state index in [4.69, 9.17) is 18.9 Å². The van der Waals surface area contributed by atoms with E-state index in [1.54, 1.807) is 20.8 Å². The normalized spacial score (nSPS) is 54.5. The van der Waals surface area contributed by atoms with Crippen LogP contribution in [-0.2, 0) is 23.7 Å². The zero-order valence-electron chi connectivity index (χ0n) is 30.4. The van der Waals surface area contributed by atoms with Crippen LogP contribution in [0.1, 0.15) is 113 Å². The van der Waals surface area contributed by atoms with Gasteiger partial charge in [0.2, 0.25) is 0 Å². The number of carbonyl (C=O) groups is 1. The average molecular weight is 679 g/mol. The number of esters is 1. The topological polar surface area (TPSA) is 155 Å². The molecule has 2 spiro atoms. The Hall–Kier alpha value is -0.850. The smallest absolute Gasteiger partial charge is 0.305 e. The van der Waals surface area contributed by atoms with Crippen LogP contribution in [0.5, 0.6) is 0 Å². The van der Waals surface area contributed by atoms with Crippen molar-refractivity contribution in [3.63, 3.8) is 0 Å². The van der Waals surface area contributed by atoms with Gasteiger partial charge in [-0.25, -0.2) is 0 Å². The maximum atomic E-state index is 12.6. The molecule has 0 aromatic carbocycles. The summed E-state index contributed by atoms with van der Waals surface area (Å²) in [7, 11) is 0. The molecule has 7 fully saturated rings. The second kappa shape index (κ2) is 11.3. The van der Waals surface area contributed by atoms with Crippen molar-refractivity contribution in [3.05, 3.63) is 0 Å². The van der Waals surface area contributed by atoms with Gasteiger partial charge in [0.15, 0.2) is 12.4 Å². The average Bonchev–Trinajstić information content (AvgIpc) is 3.65. The van der Waals surface area contributed by atoms with Crippen molar-refractivity contribution in [2.24, 2.45) is 50.7 Å². The molecular formula is C38H62O10. The van der Waals surface area contributed by atoms with Crippen LogP contribution in [-0.4, -0.2) is 98.8 Å². The molecule has 7 aliphatic rings. The zero-order chi connectivity index (χ0) is 35.0. The van der Waals surface area contributed by atoms with Crippen molar-refractivity contribution >= 4 is 5.97 Å². The molecule has 2 aliphatic heterocycles. The van der Waals surface area contributed by atoms with Gasteiger partial charge in [0, 0.05) is 11.8 Å². The summed E-state index contributed by atoms with van der Waals surface area (Å²) in [5, 5.41) is 54.5. The zero-order valence-corrected chi connectivity index (χ0v) is 30.4. The van der Waals surface area contributed by atoms with Gasteiger partial charge in [-0.05, 0) is 111 Å². The van der Waals surface area contributed by atoms with Crippen LogP contribution in [0.25, 0.3) is 0 Å². The molecule has 10 nitrogen and oxygen atoms in total. The molecule has 7 rings (SSSR count). The first kappa shape index (κ1) is 35.5. The number of rotatable bonds is 6. The molecule has 0 radical (unpaired) electrons. The quantitative estimate of drug-likeness (QED) is 0.207. The summed E-state index contributed by atoms with van der Waals surface area (Å²) in [6, 6.07) is 0. The second-order valence-electron chi connectivity index (χ2n) is 18.8. The number of ether oxygens (including phenoxy) is 4. The van der Waals surface area contributed by atoms with Crippen molar-refractivity contribution in [2.75, 3.05) is 6.61 Å². The van der Waals surface area contributed by atoms with Gasteiger partial charge in [-0.15, -0.1) is 0 Å². The van der Waals surface area contributed by atoms with Crippen molar-refractivity contribution in [1.82, 2.24) is 0 Å². The Kier molecular flexibility index (Phi) is 8.39. The predicted molar refractivity (Wildman–Crippen MR) is 175 cm³/mol. The third kappa shape index (κ3) is 4.61. The Labute approximate surface area is 286 Å². The molecule has 7 unspecified atom stereocenters. The Balaban J connectivity index is 1.14. The number of carbonyl (C=O) groups excluding carboxylic acids is 1. The summed E-state index contributed by atoms with van der Waals surface area (Å²) >= 11 is 0. The fourth-order valence-corrected chi connectivity index (χ4v) is 13.7. The highest BCUT2D eigenvalue weighted by Gasteiger charge is 2.84. The molecule has 0 aromatic heterocycles. The third-order valence-corrected chi connectivity index (χ3v) is 16.1. The van der Waals surface area contributed by atoms with Crippen molar-refractivity contribution in [1.29, 1.82) is 0 Å². The lowest BCUT2D eigenvalue weighted by atomic mass is 9.41. The van der Waals surface area contributed by atoms with E-state index in [1.165, 1.54) is 6.42 Å². The van der Waals surface area contributed by atoms with Crippen LogP contribution < -0.4 is 0 Å². The summed E-state index contributed by atoms with van der Waals surface area (Å²) in [5.41, 5.74) is -1.61. The highest BCUT2D eigenvalue weighted by Crippen LogP contribution is 2.89. The summed E-state index contributed by atoms with van der Waals surface area (Å²) in [6.45, 7) is 16.6. The standard InChI is InChI=1S/C38H62O10/c1-9-25(40)48-31(34(5,6)44)21-16-19(2)26-29(46-21)30(43)36(8)23-11-10-22-33(3,4)24(47-32-28(42)27(41)20(39)17-45-32)12-13-37(22)18-38(23,37)15-14-35(26,36)7/h19-24,26-32,39,41-44H,9-18H2,1-8H3/t19-,20-,21?,22+,23?,24+,26+,27+,28-,29?,30+,31+,32?,35?,36-,37?,38?/m1/s1. The Morgan fingerprint density at radius 1 is 0.958 bits per heavy atom. The summed E-state index contributed by atoms with van der Waals surface area (Å²) in [5.74, 6) is 0.804. The predicted octanol–water partition coefficient (Wildman–Crippen LogP) is 3.72. The van der Waals surface area contributed by atoms with Crippen LogP contribution in [0, 0.1) is 50.7 Å². The van der Waals surface area contributed by atoms with Gasteiger partial charge in [-0.3, -0.25) is 4.79 Å². The summed E-state index contributed by atoms with van der Waals surface area (Å²) < 4.78 is 24.8. The largest absolute Gasteiger partial charge is 0.457 e. The van der Waals surface area contributed by atoms with Gasteiger partial charge >= 0.3 is 5.97 Å². The number of aliphatic hydroxyl groups is 5. The van der Waals surface area contributed by atoms with E-state index >= 15 is 0 Å². The molecule has 2 saturated heterocycles. The minimum Gasteiger partial charge on any atom is -0.457 e. The maximum Gasteiger partial charge on any atom is 0.305 e. The van der Waals surface area contributed by atoms with E-state index in [0.29, 0.717) is 18.3 Å². The van der Waals surface area contributed by atoms with Gasteiger partial charge in [-0.2, -0.15) is 0 Å². The molecule has 5 N–H and O–H groups in total. The monoisotopic (exact) mass is 678 g/mol. The minimum atomic E-state index is -1.30. The van der Waals surface area contributed by atoms with E-state index in [1.807, 2.05) is 0 Å². The molecule has 10 heteroatoms. The number of hydrogen-bond donors (Lipinski definition) is 5. The molecule has 5 saturated carbocycles. The highest BCUT2D eigenvalue weighted by atomic mass is 16.7. The number of hydrogen-bond acceptors (Lipinski definition) is 10. The third-order valence-electron chi connectivity index (χ3n) is 16.1. The molecule has 5 aliphatic carbocycles. The van der Waals surface area contributed by atoms with Crippen LogP contribution >= 0.6 is 0 Å². The molecule has 274 valence electrons. The number of fused-ring (bicyclic) bond motifs is 4. The van der Waals surface area contributed by atoms with Crippen LogP contribution in [0.15, 0.2) is 0 Å². The SMILES string of the molecule is CCC(=O)O[C@@H](C1C[C@@H](C)[C@H]2C(O1)[C@H](O)[C@@]1(C)C3CC[C@H]4C(C)(C)[C@@H](OC5OC[C@@H](O)[C@H](O)[C@H]5O)CCC45CC35CCC21C)C(C)(C)O. The molecule has 0 amide bonds. The Bertz CT molecular complexity index is 1270. The summed E-state index contributed by atoms with van der Waals surface area (Å²) in [6.07, 6.45) is 0.945. The first-order valence-electron chi connectivity index (χ1n) is 18.9. The van der Waals surface area contributed by atoms with Crippen LogP contribution in [0.4, 0.5) is 0 Å². The molecular weight excluding hydrogens is 616 g/mol. The lowest BCUT2D eigenvalue weighted by Gasteiger charge is -2.64. The molecule has 17 atom stereocenters. The van der Waals surface area contributed by atoms with E-state index < -0.39 is 54.6 Å². The molecule has 2 heterocycles. The van der Waals surface area contributed by atoms with E-state index in [9.17, 15) is 30.3 Å². The minimum absolute atomic E-state index is 0.0682. The van der Waals surface area contributed by atoms with E-state index in [0.717, 1.165) is 38.5 Å². The molecule has 0 bridgehead atoms. The van der Waals surface area contributed by atoms with Crippen molar-refractivity contribution in [3.8, 4) is 0 Å². The van der Waals surface area contributed by atoms with Crippen molar-refractivity contribution < 1.29 is 49.3 Å². The molecule has 48 heavy (non-hydrogen) atoms. The van der Waals surface area contributed by atoms with Gasteiger partial charge in [-0.1, -0.05) is 41.5 Å². The maximum absolute atomic E-state index is 12.6. The first-order valence-corrected chi connectivity index (χ1v) is 18.9. The highest BCUT2D eigenvalue weighted by molar-refractivity contribution is 5.69. The van der Waals surface area contributed by atoms with Gasteiger partial charge < -0.3 is 44.5 Å². The summed E-state index contributed by atoms with van der Waals surface area (Å²) in [4.78, 5) is 12.4. The Morgan fingerprint density at radius 3 is 2.29 bits per heavy atom. The van der Waals surface area contributed by atoms with E-state index in [-0.39, 0.29) is 64.0 Å². The van der Waals surface area contributed by atoms with Crippen LogP contribution in [0.3, 0.4) is 0 Å². The molecule has 0 aromatic rings. The fourth-order valence-electron chi connectivity index (χ4n) is 13.7. The van der Waals surface area contributed by atoms with E-state index in [2.05, 4.69) is 34.6 Å². The first-order chi connectivity index (χ1) is 22.3. The van der Waals surface area contributed by atoms with Crippen LogP contribution in [0.2, 0.25) is 0 Å². The number of aliphatic hydroxyl groups excluding tert-OH is 4. The second-order valence-corrected chi connectivity index (χ2v) is 18.8. The lowest BCUT2D eigenvalue weighted by molar-refractivity contribution is -0.303. The van der Waals surface area contributed by atoms with Crippen molar-refractivity contribution in [2.45, 2.75) is 174 Å². The fraction of sp³-hybridized carbons (Fsp3) is 0.974. The van der Waals surface area contributed by atoms with Gasteiger partial charge in [0.05, 0.1) is 36.6 Å². The van der Waals surface area contributed by atoms with Gasteiger partial charge in [0.1, 0.15) is 18.3 Å². The van der Waals surface area contributed by atoms with Gasteiger partial charge in [0.25, 0.3) is 0 Å². The Morgan fingerprint density at radius 2 is 1.62 bits per heavy atom. The lowest BCUT2D eigenvalue weighted by Crippen LogP contribution is -2.61.